The van der Waals surface area contributed by atoms with E-state index in [1.807, 2.05) is 31.2 Å². The Hall–Kier alpha value is -3.44. The molecule has 0 aliphatic carbocycles. The molecule has 1 aromatic carbocycles. The number of hydrogen-bond acceptors (Lipinski definition) is 5. The lowest BCUT2D eigenvalue weighted by Crippen LogP contribution is -2.50. The Morgan fingerprint density at radius 3 is 2.44 bits per heavy atom. The van der Waals surface area contributed by atoms with Crippen LogP contribution in [0.25, 0.3) is 22.1 Å². The van der Waals surface area contributed by atoms with Crippen LogP contribution in [-0.2, 0) is 27.9 Å². The smallest absolute Gasteiger partial charge is 0.329 e. The van der Waals surface area contributed by atoms with Gasteiger partial charge in [0.2, 0.25) is 15.9 Å². The summed E-state index contributed by atoms with van der Waals surface area (Å²) in [6, 6.07) is 11.0. The third-order valence-electron chi connectivity index (χ3n) is 6.41. The van der Waals surface area contributed by atoms with E-state index in [4.69, 9.17) is 0 Å². The van der Waals surface area contributed by atoms with Crippen molar-refractivity contribution in [3.05, 3.63) is 59.3 Å². The fourth-order valence-corrected chi connectivity index (χ4v) is 6.19. The number of aromatic nitrogens is 4. The number of H-pyrrole nitrogens is 1. The minimum atomic E-state index is -3.70. The zero-order chi connectivity index (χ0) is 23.9. The van der Waals surface area contributed by atoms with Crippen molar-refractivity contribution in [1.82, 2.24) is 28.3 Å². The summed E-state index contributed by atoms with van der Waals surface area (Å²) in [4.78, 5) is 34.6. The second-order valence-corrected chi connectivity index (χ2v) is 10.2. The summed E-state index contributed by atoms with van der Waals surface area (Å²) in [6.45, 7) is 3.82. The van der Waals surface area contributed by atoms with Gasteiger partial charge in [-0.05, 0) is 31.2 Å². The van der Waals surface area contributed by atoms with E-state index in [-0.39, 0.29) is 42.5 Å². The normalized spacial score (nSPS) is 15.4. The molecule has 178 valence electrons. The molecule has 4 aromatic rings. The fourth-order valence-electron chi connectivity index (χ4n) is 4.62. The molecule has 1 saturated heterocycles. The molecule has 10 nitrogen and oxygen atoms in total. The molecule has 0 spiro atoms. The predicted octanol–water partition coefficient (Wildman–Crippen LogP) is 1.62. The van der Waals surface area contributed by atoms with E-state index < -0.39 is 10.0 Å². The van der Waals surface area contributed by atoms with E-state index in [1.165, 1.54) is 10.5 Å². The molecule has 0 atom stereocenters. The molecule has 4 heterocycles. The number of pyridine rings is 1. The van der Waals surface area contributed by atoms with Gasteiger partial charge in [-0.3, -0.25) is 13.9 Å². The Kier molecular flexibility index (Phi) is 5.74. The second-order valence-electron chi connectivity index (χ2n) is 8.25. The maximum Gasteiger partial charge on any atom is 0.329 e. The molecular formula is C23H26N6O4S. The number of fused-ring (bicyclic) bond motifs is 2. The molecule has 34 heavy (non-hydrogen) atoms. The van der Waals surface area contributed by atoms with Crippen molar-refractivity contribution >= 4 is 38.0 Å². The lowest BCUT2D eigenvalue weighted by Gasteiger charge is -2.34. The van der Waals surface area contributed by atoms with Crippen LogP contribution in [0.4, 0.5) is 0 Å². The van der Waals surface area contributed by atoms with Crippen molar-refractivity contribution in [3.63, 3.8) is 0 Å². The van der Waals surface area contributed by atoms with Gasteiger partial charge >= 0.3 is 5.69 Å². The highest BCUT2D eigenvalue weighted by molar-refractivity contribution is 7.89. The Bertz CT molecular complexity index is 1530. The highest BCUT2D eigenvalue weighted by atomic mass is 32.2. The van der Waals surface area contributed by atoms with Gasteiger partial charge < -0.3 is 9.88 Å². The van der Waals surface area contributed by atoms with Crippen LogP contribution < -0.4 is 5.69 Å². The number of sulfonamides is 1. The number of para-hydroxylation sites is 2. The molecule has 0 bridgehead atoms. The zero-order valence-corrected chi connectivity index (χ0v) is 19.7. The van der Waals surface area contributed by atoms with Gasteiger partial charge in [-0.2, -0.15) is 4.31 Å². The van der Waals surface area contributed by atoms with Crippen molar-refractivity contribution in [2.45, 2.75) is 31.3 Å². The lowest BCUT2D eigenvalue weighted by molar-refractivity contribution is -0.132. The molecular weight excluding hydrogens is 456 g/mol. The van der Waals surface area contributed by atoms with E-state index in [2.05, 4.69) is 9.97 Å². The number of aromatic amines is 1. The summed E-state index contributed by atoms with van der Waals surface area (Å²) in [6.07, 6.45) is 3.25. The minimum Gasteiger partial charge on any atom is -0.345 e. The summed E-state index contributed by atoms with van der Waals surface area (Å²) >= 11 is 0. The number of piperazine rings is 1. The number of benzene rings is 1. The van der Waals surface area contributed by atoms with Crippen LogP contribution in [0.15, 0.2) is 58.5 Å². The van der Waals surface area contributed by atoms with Gasteiger partial charge in [-0.1, -0.05) is 12.1 Å². The molecule has 0 saturated carbocycles. The maximum absolute atomic E-state index is 13.2. The van der Waals surface area contributed by atoms with Gasteiger partial charge in [0.15, 0.2) is 0 Å². The number of aryl methyl sites for hydroxylation is 2. The van der Waals surface area contributed by atoms with Gasteiger partial charge in [0.25, 0.3) is 0 Å². The van der Waals surface area contributed by atoms with Gasteiger partial charge in [0.1, 0.15) is 10.5 Å². The molecule has 11 heteroatoms. The number of carbonyl (C=O) groups is 1. The number of nitrogens with one attached hydrogen (secondary N) is 1. The molecule has 1 fully saturated rings. The summed E-state index contributed by atoms with van der Waals surface area (Å²) in [5, 5.41) is 0.553. The summed E-state index contributed by atoms with van der Waals surface area (Å²) < 4.78 is 31.1. The average molecular weight is 483 g/mol. The van der Waals surface area contributed by atoms with Gasteiger partial charge in [-0.25, -0.2) is 18.2 Å². The van der Waals surface area contributed by atoms with Crippen molar-refractivity contribution < 1.29 is 13.2 Å². The van der Waals surface area contributed by atoms with Crippen molar-refractivity contribution in [3.8, 4) is 0 Å². The molecule has 3 aromatic heterocycles. The van der Waals surface area contributed by atoms with E-state index in [9.17, 15) is 18.0 Å². The third kappa shape index (κ3) is 3.70. The van der Waals surface area contributed by atoms with E-state index in [0.717, 1.165) is 11.0 Å². The number of hydrogen-bond donors (Lipinski definition) is 1. The summed E-state index contributed by atoms with van der Waals surface area (Å²) in [5.74, 6) is -0.0893. The van der Waals surface area contributed by atoms with Crippen LogP contribution in [0, 0.1) is 0 Å². The highest BCUT2D eigenvalue weighted by Gasteiger charge is 2.32. The minimum absolute atomic E-state index is 0.0893. The molecule has 1 aliphatic rings. The Balaban J connectivity index is 1.25. The van der Waals surface area contributed by atoms with Gasteiger partial charge in [0.05, 0.1) is 11.0 Å². The van der Waals surface area contributed by atoms with Crippen LogP contribution in [-0.4, -0.2) is 68.8 Å². The molecule has 1 aliphatic heterocycles. The molecule has 0 radical (unpaired) electrons. The second kappa shape index (κ2) is 8.73. The Morgan fingerprint density at radius 2 is 1.74 bits per heavy atom. The highest BCUT2D eigenvalue weighted by Crippen LogP contribution is 2.25. The quantitative estimate of drug-likeness (QED) is 0.449. The van der Waals surface area contributed by atoms with Crippen molar-refractivity contribution in [1.29, 1.82) is 0 Å². The van der Waals surface area contributed by atoms with Gasteiger partial charge in [-0.15, -0.1) is 0 Å². The summed E-state index contributed by atoms with van der Waals surface area (Å²) in [5.41, 5.74) is 2.07. The first-order valence-electron chi connectivity index (χ1n) is 11.3. The largest absolute Gasteiger partial charge is 0.345 e. The number of nitrogens with zero attached hydrogens (tertiary/aromatic N) is 5. The summed E-state index contributed by atoms with van der Waals surface area (Å²) in [7, 11) is -3.70. The molecule has 5 rings (SSSR count). The fraction of sp³-hybridized carbons (Fsp3) is 0.348. The average Bonchev–Trinajstić information content (AvgIpc) is 3.41. The van der Waals surface area contributed by atoms with Crippen molar-refractivity contribution in [2.75, 3.05) is 26.2 Å². The van der Waals surface area contributed by atoms with E-state index in [0.29, 0.717) is 30.7 Å². The molecule has 0 unspecified atom stereocenters. The predicted molar refractivity (Wildman–Crippen MR) is 128 cm³/mol. The van der Waals surface area contributed by atoms with Crippen LogP contribution in [0.1, 0.15) is 13.3 Å². The molecule has 1 amide bonds. The Morgan fingerprint density at radius 1 is 1.03 bits per heavy atom. The first-order chi connectivity index (χ1) is 16.4. The SMILES string of the molecule is CCn1c(=O)n(CCC(=O)N2CCN(S(=O)(=O)c3c[nH]c4ncccc34)CC2)c2ccccc21. The lowest BCUT2D eigenvalue weighted by atomic mass is 10.3. The number of rotatable bonds is 6. The monoisotopic (exact) mass is 482 g/mol. The van der Waals surface area contributed by atoms with Crippen LogP contribution in [0.3, 0.4) is 0 Å². The van der Waals surface area contributed by atoms with Crippen LogP contribution in [0.2, 0.25) is 0 Å². The first kappa shape index (κ1) is 22.4. The molecule has 1 N–H and O–H groups in total. The van der Waals surface area contributed by atoms with Crippen LogP contribution in [0.5, 0.6) is 0 Å². The first-order valence-corrected chi connectivity index (χ1v) is 12.7. The number of amides is 1. The Labute approximate surface area is 196 Å². The van der Waals surface area contributed by atoms with E-state index >= 15 is 0 Å². The standard InChI is InChI=1S/C23H26N6O4S/c1-2-28-18-7-3-4-8-19(18)29(23(28)31)11-9-21(30)26-12-14-27(15-13-26)34(32,33)20-16-25-22-17(20)6-5-10-24-22/h3-8,10,16H,2,9,11-15H2,1H3,(H,24,25). The van der Waals surface area contributed by atoms with Gasteiger partial charge in [0, 0.05) is 63.5 Å². The van der Waals surface area contributed by atoms with Crippen LogP contribution >= 0.6 is 0 Å². The van der Waals surface area contributed by atoms with Crippen molar-refractivity contribution in [2.24, 2.45) is 0 Å². The number of carbonyl (C=O) groups excluding carboxylic acids is 1. The zero-order valence-electron chi connectivity index (χ0n) is 18.8. The third-order valence-corrected chi connectivity index (χ3v) is 8.35. The topological polar surface area (TPSA) is 113 Å². The number of imidazole rings is 1. The van der Waals surface area contributed by atoms with E-state index in [1.54, 1.807) is 32.4 Å². The maximum atomic E-state index is 13.2.